The summed E-state index contributed by atoms with van der Waals surface area (Å²) < 4.78 is 2.11. The average molecular weight is 253 g/mol. The van der Waals surface area contributed by atoms with Gasteiger partial charge in [-0.15, -0.1) is 6.58 Å². The van der Waals surface area contributed by atoms with Crippen LogP contribution in [-0.2, 0) is 13.0 Å². The number of hydrogen-bond acceptors (Lipinski definition) is 2. The molecule has 19 heavy (non-hydrogen) atoms. The molecule has 1 aromatic heterocycles. The predicted octanol–water partition coefficient (Wildman–Crippen LogP) is 3.12. The van der Waals surface area contributed by atoms with Crippen molar-refractivity contribution < 1.29 is 0 Å². The third-order valence-corrected chi connectivity index (χ3v) is 3.58. The number of benzene rings is 1. The summed E-state index contributed by atoms with van der Waals surface area (Å²) in [5, 5.41) is 0. The van der Waals surface area contributed by atoms with E-state index >= 15 is 0 Å². The Morgan fingerprint density at radius 1 is 1.32 bits per heavy atom. The highest BCUT2D eigenvalue weighted by atomic mass is 15.1. The molecule has 0 atom stereocenters. The summed E-state index contributed by atoms with van der Waals surface area (Å²) in [6.07, 6.45) is 5.16. The van der Waals surface area contributed by atoms with Gasteiger partial charge in [0.1, 0.15) is 11.6 Å². The van der Waals surface area contributed by atoms with Crippen molar-refractivity contribution in [1.82, 2.24) is 9.55 Å². The molecule has 0 aliphatic heterocycles. The fraction of sp³-hybridized carbons (Fsp3) is 0.312. The van der Waals surface area contributed by atoms with Crippen LogP contribution in [-0.4, -0.2) is 9.55 Å². The Morgan fingerprint density at radius 2 is 2.05 bits per heavy atom. The summed E-state index contributed by atoms with van der Waals surface area (Å²) in [5.74, 6) is 2.54. The Bertz CT molecular complexity index is 580. The maximum absolute atomic E-state index is 6.26. The van der Waals surface area contributed by atoms with Gasteiger partial charge in [-0.2, -0.15) is 0 Å². The highest BCUT2D eigenvalue weighted by molar-refractivity contribution is 5.42. The lowest BCUT2D eigenvalue weighted by molar-refractivity contribution is 0.750. The minimum absolute atomic E-state index is 0.603. The summed E-state index contributed by atoms with van der Waals surface area (Å²) in [6.45, 7) is 4.56. The minimum atomic E-state index is 0.603. The molecule has 0 unspecified atom stereocenters. The van der Waals surface area contributed by atoms with Crippen LogP contribution in [0.4, 0.5) is 5.82 Å². The van der Waals surface area contributed by atoms with Crippen molar-refractivity contribution in [1.29, 1.82) is 0 Å². The molecule has 0 bridgehead atoms. The molecule has 3 nitrogen and oxygen atoms in total. The van der Waals surface area contributed by atoms with E-state index < -0.39 is 0 Å². The molecule has 1 heterocycles. The molecular weight excluding hydrogens is 234 g/mol. The van der Waals surface area contributed by atoms with Gasteiger partial charge in [0.15, 0.2) is 0 Å². The molecule has 0 saturated heterocycles. The molecule has 1 saturated carbocycles. The van der Waals surface area contributed by atoms with Gasteiger partial charge in [0.05, 0.1) is 5.69 Å². The zero-order chi connectivity index (χ0) is 13.2. The van der Waals surface area contributed by atoms with E-state index in [4.69, 9.17) is 10.7 Å². The Labute approximate surface area is 113 Å². The minimum Gasteiger partial charge on any atom is -0.384 e. The summed E-state index contributed by atoms with van der Waals surface area (Å²) >= 11 is 0. The van der Waals surface area contributed by atoms with Gasteiger partial charge in [-0.3, -0.25) is 0 Å². The highest BCUT2D eigenvalue weighted by Gasteiger charge is 2.30. The molecule has 2 aromatic rings. The first-order valence-corrected chi connectivity index (χ1v) is 6.79. The Kier molecular flexibility index (Phi) is 3.11. The lowest BCUT2D eigenvalue weighted by Gasteiger charge is -2.05. The van der Waals surface area contributed by atoms with Crippen molar-refractivity contribution >= 4 is 5.82 Å². The molecule has 0 radical (unpaired) electrons. The number of imidazole rings is 1. The van der Waals surface area contributed by atoms with E-state index in [9.17, 15) is 0 Å². The zero-order valence-corrected chi connectivity index (χ0v) is 11.0. The molecule has 1 aromatic carbocycles. The molecule has 3 rings (SSSR count). The van der Waals surface area contributed by atoms with Crippen LogP contribution >= 0.6 is 0 Å². The van der Waals surface area contributed by atoms with E-state index in [2.05, 4.69) is 23.3 Å². The summed E-state index contributed by atoms with van der Waals surface area (Å²) in [5.41, 5.74) is 8.50. The molecule has 3 heteroatoms. The third kappa shape index (κ3) is 2.41. The van der Waals surface area contributed by atoms with E-state index in [0.717, 1.165) is 30.3 Å². The van der Waals surface area contributed by atoms with E-state index in [0.29, 0.717) is 5.92 Å². The smallest absolute Gasteiger partial charge is 0.127 e. The van der Waals surface area contributed by atoms with Gasteiger partial charge >= 0.3 is 0 Å². The topological polar surface area (TPSA) is 43.8 Å². The number of aromatic nitrogens is 2. The van der Waals surface area contributed by atoms with Crippen LogP contribution in [0, 0.1) is 0 Å². The Balaban J connectivity index is 1.93. The number of hydrogen-bond donors (Lipinski definition) is 1. The van der Waals surface area contributed by atoms with Crippen LogP contribution in [0.2, 0.25) is 0 Å². The molecule has 2 N–H and O–H groups in total. The molecule has 1 aliphatic carbocycles. The molecule has 0 amide bonds. The van der Waals surface area contributed by atoms with Crippen molar-refractivity contribution in [2.45, 2.75) is 31.7 Å². The van der Waals surface area contributed by atoms with Crippen molar-refractivity contribution in [2.75, 3.05) is 5.73 Å². The normalized spacial score (nSPS) is 14.5. The zero-order valence-electron chi connectivity index (χ0n) is 11.0. The van der Waals surface area contributed by atoms with Crippen molar-refractivity contribution in [3.63, 3.8) is 0 Å². The second-order valence-electron chi connectivity index (χ2n) is 5.14. The monoisotopic (exact) mass is 253 g/mol. The van der Waals surface area contributed by atoms with Gasteiger partial charge < -0.3 is 10.3 Å². The fourth-order valence-electron chi connectivity index (χ4n) is 2.43. The molecule has 98 valence electrons. The van der Waals surface area contributed by atoms with Gasteiger partial charge in [-0.25, -0.2) is 4.98 Å². The van der Waals surface area contributed by atoms with Crippen molar-refractivity contribution in [3.05, 3.63) is 60.1 Å². The first-order chi connectivity index (χ1) is 9.29. The average Bonchev–Trinajstić information content (AvgIpc) is 3.22. The van der Waals surface area contributed by atoms with Gasteiger partial charge in [-0.05, 0) is 18.4 Å². The molecule has 0 spiro atoms. The number of nitrogen functional groups attached to an aromatic ring is 1. The largest absolute Gasteiger partial charge is 0.384 e. The van der Waals surface area contributed by atoms with Crippen LogP contribution in [0.15, 0.2) is 43.0 Å². The SMILES string of the molecule is C=CCn1c(C2CC2)nc(Cc2ccccc2)c1N. The van der Waals surface area contributed by atoms with Crippen LogP contribution in [0.25, 0.3) is 0 Å². The first-order valence-electron chi connectivity index (χ1n) is 6.79. The van der Waals surface area contributed by atoms with Crippen LogP contribution in [0.3, 0.4) is 0 Å². The van der Waals surface area contributed by atoms with Crippen LogP contribution in [0.1, 0.15) is 35.8 Å². The number of nitrogens with two attached hydrogens (primary N) is 1. The number of anilines is 1. The third-order valence-electron chi connectivity index (χ3n) is 3.58. The predicted molar refractivity (Wildman–Crippen MR) is 78.1 cm³/mol. The van der Waals surface area contributed by atoms with E-state index in [1.54, 1.807) is 0 Å². The number of nitrogens with zero attached hydrogens (tertiary/aromatic N) is 2. The maximum Gasteiger partial charge on any atom is 0.127 e. The van der Waals surface area contributed by atoms with Gasteiger partial charge in [0, 0.05) is 18.9 Å². The Hall–Kier alpha value is -2.03. The summed E-state index contributed by atoms with van der Waals surface area (Å²) in [7, 11) is 0. The van der Waals surface area contributed by atoms with Crippen LogP contribution < -0.4 is 5.73 Å². The standard InChI is InChI=1S/C16H19N3/c1-2-10-19-15(17)14(18-16(19)13-8-9-13)11-12-6-4-3-5-7-12/h2-7,13H,1,8-11,17H2. The number of allylic oxidation sites excluding steroid dienone is 1. The van der Waals surface area contributed by atoms with E-state index in [1.807, 2.05) is 24.3 Å². The highest BCUT2D eigenvalue weighted by Crippen LogP contribution is 2.40. The van der Waals surface area contributed by atoms with Gasteiger partial charge in [-0.1, -0.05) is 36.4 Å². The Morgan fingerprint density at radius 3 is 2.68 bits per heavy atom. The second kappa shape index (κ2) is 4.92. The molecular formula is C16H19N3. The molecule has 1 fully saturated rings. The molecule has 1 aliphatic rings. The summed E-state index contributed by atoms with van der Waals surface area (Å²) in [4.78, 5) is 4.78. The second-order valence-corrected chi connectivity index (χ2v) is 5.14. The van der Waals surface area contributed by atoms with E-state index in [-0.39, 0.29) is 0 Å². The lowest BCUT2D eigenvalue weighted by atomic mass is 10.1. The van der Waals surface area contributed by atoms with Crippen LogP contribution in [0.5, 0.6) is 0 Å². The van der Waals surface area contributed by atoms with E-state index in [1.165, 1.54) is 18.4 Å². The van der Waals surface area contributed by atoms with Gasteiger partial charge in [0.25, 0.3) is 0 Å². The lowest BCUT2D eigenvalue weighted by Crippen LogP contribution is -2.05. The maximum atomic E-state index is 6.26. The van der Waals surface area contributed by atoms with Crippen molar-refractivity contribution in [3.8, 4) is 0 Å². The first kappa shape index (κ1) is 12.0. The quantitative estimate of drug-likeness (QED) is 0.832. The fourth-order valence-corrected chi connectivity index (χ4v) is 2.43. The number of rotatable bonds is 5. The van der Waals surface area contributed by atoms with Crippen molar-refractivity contribution in [2.24, 2.45) is 0 Å². The summed E-state index contributed by atoms with van der Waals surface area (Å²) in [6, 6.07) is 10.4. The van der Waals surface area contributed by atoms with Gasteiger partial charge in [0.2, 0.25) is 0 Å².